The number of nitrogens with zero attached hydrogens (tertiary/aromatic N) is 2. The quantitative estimate of drug-likeness (QED) is 0.0821. The molecule has 4 aromatic carbocycles. The summed E-state index contributed by atoms with van der Waals surface area (Å²) in [5.41, 5.74) is 0. The van der Waals surface area contributed by atoms with Crippen LogP contribution in [0.3, 0.4) is 0 Å². The maximum absolute atomic E-state index is 8.94. The van der Waals surface area contributed by atoms with Crippen molar-refractivity contribution in [2.75, 3.05) is 13.2 Å². The largest absolute Gasteiger partial charge is 0.322 e. The lowest BCUT2D eigenvalue weighted by Gasteiger charge is -2.35. The number of hydrogen-bond donors (Lipinski definition) is 0. The maximum atomic E-state index is 8.94. The third-order valence-electron chi connectivity index (χ3n) is 7.07. The third-order valence-corrected chi connectivity index (χ3v) is 12.7. The van der Waals surface area contributed by atoms with Crippen molar-refractivity contribution in [1.29, 1.82) is 5.26 Å². The molecular weight excluding hydrogens is 479 g/mol. The number of hydrogen-bond acceptors (Lipinski definition) is 4. The van der Waals surface area contributed by atoms with Gasteiger partial charge in [0.25, 0.3) is 8.53 Å². The normalized spacial score (nSPS) is 13.6. The average molecular weight is 519 g/mol. The summed E-state index contributed by atoms with van der Waals surface area (Å²) in [5, 5.41) is 18.7. The van der Waals surface area contributed by atoms with Crippen LogP contribution in [0.25, 0.3) is 32.3 Å². The van der Waals surface area contributed by atoms with Crippen molar-refractivity contribution in [3.63, 3.8) is 0 Å². The highest BCUT2D eigenvalue weighted by Gasteiger charge is 2.29. The fraction of sp³-hybridized carbons (Fsp3) is 0.433. The minimum atomic E-state index is -1.72. The summed E-state index contributed by atoms with van der Waals surface area (Å²) in [4.78, 5) is 0. The van der Waals surface area contributed by atoms with E-state index < -0.39 is 16.6 Å². The monoisotopic (exact) mass is 518 g/mol. The van der Waals surface area contributed by atoms with Gasteiger partial charge in [0.1, 0.15) is 0 Å². The summed E-state index contributed by atoms with van der Waals surface area (Å²) in [6.45, 7) is 14.8. The molecule has 6 heteroatoms. The van der Waals surface area contributed by atoms with Gasteiger partial charge < -0.3 is 9.05 Å². The van der Waals surface area contributed by atoms with Gasteiger partial charge in [0.05, 0.1) is 33.8 Å². The molecule has 0 saturated heterocycles. The van der Waals surface area contributed by atoms with Gasteiger partial charge in [0.2, 0.25) is 0 Å². The van der Waals surface area contributed by atoms with E-state index in [1.807, 2.05) is 0 Å². The molecule has 0 heterocycles. The molecular formula is C30H39N2O2PSi. The Morgan fingerprint density at radius 3 is 2.06 bits per heavy atom. The Morgan fingerprint density at radius 2 is 1.42 bits per heavy atom. The van der Waals surface area contributed by atoms with Crippen molar-refractivity contribution < 1.29 is 9.05 Å². The van der Waals surface area contributed by atoms with E-state index in [0.717, 1.165) is 12.5 Å². The Morgan fingerprint density at radius 1 is 0.833 bits per heavy atom. The molecule has 190 valence electrons. The molecule has 0 aliphatic rings. The van der Waals surface area contributed by atoms with Gasteiger partial charge in [-0.15, -0.1) is 0 Å². The van der Waals surface area contributed by atoms with Crippen LogP contribution in [0.15, 0.2) is 54.6 Å². The van der Waals surface area contributed by atoms with Crippen LogP contribution in [-0.4, -0.2) is 38.0 Å². The molecule has 4 nitrogen and oxygen atoms in total. The van der Waals surface area contributed by atoms with Crippen LogP contribution in [0.1, 0.15) is 40.5 Å². The van der Waals surface area contributed by atoms with E-state index >= 15 is 0 Å². The van der Waals surface area contributed by atoms with Gasteiger partial charge in [-0.05, 0) is 66.4 Å². The molecule has 0 N–H and O–H groups in total. The first kappa shape index (κ1) is 27.0. The first-order chi connectivity index (χ1) is 17.2. The Labute approximate surface area is 218 Å². The first-order valence-electron chi connectivity index (χ1n) is 13.1. The van der Waals surface area contributed by atoms with Crippen molar-refractivity contribution in [3.05, 3.63) is 54.6 Å². The number of nitriles is 1. The topological polar surface area (TPSA) is 45.5 Å². The van der Waals surface area contributed by atoms with Gasteiger partial charge in [-0.2, -0.15) is 5.26 Å². The number of benzene rings is 4. The molecule has 0 radical (unpaired) electrons. The van der Waals surface area contributed by atoms with E-state index in [9.17, 15) is 0 Å². The second-order valence-corrected chi connectivity index (χ2v) is 17.1. The third kappa shape index (κ3) is 5.59. The van der Waals surface area contributed by atoms with E-state index in [0.29, 0.717) is 31.7 Å². The zero-order chi connectivity index (χ0) is 25.9. The second-order valence-electron chi connectivity index (χ2n) is 10.8. The highest BCUT2D eigenvalue weighted by atomic mass is 31.2. The molecule has 0 aliphatic heterocycles. The Hall–Kier alpha value is -2.06. The smallest absolute Gasteiger partial charge is 0.259 e. The summed E-state index contributed by atoms with van der Waals surface area (Å²) in [6.07, 6.45) is 1.40. The van der Waals surface area contributed by atoms with Crippen molar-refractivity contribution in [1.82, 2.24) is 4.67 Å². The zero-order valence-electron chi connectivity index (χ0n) is 22.5. The molecule has 1 atom stereocenters. The molecule has 0 bridgehead atoms. The molecule has 4 aromatic rings. The Kier molecular flexibility index (Phi) is 8.66. The van der Waals surface area contributed by atoms with Gasteiger partial charge in [0.15, 0.2) is 0 Å². The first-order valence-corrected chi connectivity index (χ1v) is 17.5. The van der Waals surface area contributed by atoms with Gasteiger partial charge in [0, 0.05) is 12.1 Å². The van der Waals surface area contributed by atoms with E-state index in [2.05, 4.69) is 106 Å². The summed E-state index contributed by atoms with van der Waals surface area (Å²) >= 11 is 0. The molecule has 0 fully saturated rings. The highest BCUT2D eigenvalue weighted by Crippen LogP contribution is 2.46. The van der Waals surface area contributed by atoms with Crippen molar-refractivity contribution in [3.8, 4) is 6.07 Å². The lowest BCUT2D eigenvalue weighted by atomic mass is 9.94. The van der Waals surface area contributed by atoms with E-state index in [-0.39, 0.29) is 0 Å². The summed E-state index contributed by atoms with van der Waals surface area (Å²) in [6, 6.07) is 24.4. The van der Waals surface area contributed by atoms with Gasteiger partial charge >= 0.3 is 0 Å². The van der Waals surface area contributed by atoms with Crippen LogP contribution in [0.5, 0.6) is 0 Å². The Balaban J connectivity index is 1.51. The Bertz CT molecular complexity index is 1320. The molecule has 0 amide bonds. The van der Waals surface area contributed by atoms with Crippen molar-refractivity contribution >= 4 is 54.1 Å². The minimum absolute atomic E-state index is 0.321. The van der Waals surface area contributed by atoms with Crippen LogP contribution in [-0.2, 0) is 9.05 Å². The molecule has 1 unspecified atom stereocenters. The zero-order valence-corrected chi connectivity index (χ0v) is 24.4. The highest BCUT2D eigenvalue weighted by molar-refractivity contribution is 7.44. The lowest BCUT2D eigenvalue weighted by molar-refractivity contribution is 0.176. The maximum Gasteiger partial charge on any atom is 0.259 e. The van der Waals surface area contributed by atoms with Crippen LogP contribution >= 0.6 is 8.53 Å². The van der Waals surface area contributed by atoms with E-state index in [1.165, 1.54) is 37.5 Å². The van der Waals surface area contributed by atoms with E-state index in [1.54, 1.807) is 0 Å². The average Bonchev–Trinajstić information content (AvgIpc) is 2.84. The van der Waals surface area contributed by atoms with Gasteiger partial charge in [-0.25, -0.2) is 4.67 Å². The predicted molar refractivity (Wildman–Crippen MR) is 158 cm³/mol. The molecule has 0 aromatic heterocycles. The summed E-state index contributed by atoms with van der Waals surface area (Å²) in [7, 11) is -2.89. The van der Waals surface area contributed by atoms with Crippen molar-refractivity contribution in [2.45, 2.75) is 71.8 Å². The fourth-order valence-electron chi connectivity index (χ4n) is 5.43. The van der Waals surface area contributed by atoms with Crippen molar-refractivity contribution in [2.24, 2.45) is 0 Å². The molecule has 0 spiro atoms. The standard InChI is InChI=1S/C30H39N2O2PSi/c1-22(2)32(23(3)4)35(33-19-8-18-31)34-20-9-21-36(5,6)28-17-15-26-13-12-24-10-7-11-25-14-16-27(28)30(26)29(24)25/h7,10-17,22-23H,8-9,19-21H2,1-6H3. The summed E-state index contributed by atoms with van der Waals surface area (Å²) in [5.74, 6) is 0. The van der Waals surface area contributed by atoms with Crippen LogP contribution in [0.2, 0.25) is 19.1 Å². The van der Waals surface area contributed by atoms with E-state index in [4.69, 9.17) is 14.3 Å². The van der Waals surface area contributed by atoms with Crippen LogP contribution in [0, 0.1) is 11.3 Å². The van der Waals surface area contributed by atoms with Gasteiger partial charge in [-0.3, -0.25) is 0 Å². The predicted octanol–water partition coefficient (Wildman–Crippen LogP) is 8.18. The van der Waals surface area contributed by atoms with Gasteiger partial charge in [-0.1, -0.05) is 78.9 Å². The molecule has 0 saturated carbocycles. The lowest BCUT2D eigenvalue weighted by Crippen LogP contribution is -2.41. The summed E-state index contributed by atoms with van der Waals surface area (Å²) < 4.78 is 14.7. The SMILES string of the molecule is CC(C)N(C(C)C)P(OCCC#N)OCCC[Si](C)(C)c1ccc2ccc3cccc4ccc1c2c34. The van der Waals surface area contributed by atoms with Crippen LogP contribution in [0.4, 0.5) is 0 Å². The number of rotatable bonds is 12. The fourth-order valence-corrected chi connectivity index (χ4v) is 9.83. The minimum Gasteiger partial charge on any atom is -0.322 e. The molecule has 36 heavy (non-hydrogen) atoms. The molecule has 0 aliphatic carbocycles. The molecule has 4 rings (SSSR count). The second kappa shape index (κ2) is 11.5. The van der Waals surface area contributed by atoms with Crippen LogP contribution < -0.4 is 5.19 Å².